The Balaban J connectivity index is 1.81. The monoisotopic (exact) mass is 298 g/mol. The maximum Gasteiger partial charge on any atom is 0.246 e. The average Bonchev–Trinajstić information content (AvgIpc) is 2.88. The summed E-state index contributed by atoms with van der Waals surface area (Å²) < 4.78 is 27.3. The van der Waals surface area contributed by atoms with Gasteiger partial charge in [-0.15, -0.1) is 0 Å². The first-order chi connectivity index (χ1) is 9.57. The summed E-state index contributed by atoms with van der Waals surface area (Å²) >= 11 is 0. The second-order valence-corrected chi connectivity index (χ2v) is 7.82. The molecular formula is C13H22N4O2S. The lowest BCUT2D eigenvalue weighted by Crippen LogP contribution is -2.42. The summed E-state index contributed by atoms with van der Waals surface area (Å²) in [6, 6.07) is 0.288. The van der Waals surface area contributed by atoms with Crippen molar-refractivity contribution in [3.8, 4) is 0 Å². The zero-order valence-electron chi connectivity index (χ0n) is 11.8. The van der Waals surface area contributed by atoms with E-state index in [-0.39, 0.29) is 6.04 Å². The lowest BCUT2D eigenvalue weighted by atomic mass is 10.2. The highest BCUT2D eigenvalue weighted by Gasteiger charge is 2.34. The fraction of sp³-hybridized carbons (Fsp3) is 0.769. The van der Waals surface area contributed by atoms with Crippen LogP contribution in [0, 0.1) is 12.8 Å². The Labute approximate surface area is 120 Å². The zero-order valence-corrected chi connectivity index (χ0v) is 12.6. The van der Waals surface area contributed by atoms with Gasteiger partial charge in [0, 0.05) is 19.1 Å². The van der Waals surface area contributed by atoms with E-state index in [0.717, 1.165) is 32.2 Å². The molecule has 1 unspecified atom stereocenters. The van der Waals surface area contributed by atoms with Gasteiger partial charge in [-0.05, 0) is 45.1 Å². The summed E-state index contributed by atoms with van der Waals surface area (Å²) in [6.45, 7) is 3.96. The highest BCUT2D eigenvalue weighted by atomic mass is 32.2. The van der Waals surface area contributed by atoms with Crippen molar-refractivity contribution in [1.82, 2.24) is 19.8 Å². The van der Waals surface area contributed by atoms with Crippen LogP contribution in [0.15, 0.2) is 11.1 Å². The molecule has 1 saturated heterocycles. The van der Waals surface area contributed by atoms with Crippen molar-refractivity contribution in [2.24, 2.45) is 5.92 Å². The lowest BCUT2D eigenvalue weighted by Gasteiger charge is -2.25. The molecule has 2 heterocycles. The zero-order chi connectivity index (χ0) is 14.2. The SMILES string of the molecule is Cc1[nH]ncc1S(=O)(=O)N(CC1CC1)CC1CCCN1. The first-order valence-corrected chi connectivity index (χ1v) is 8.75. The molecule has 2 N–H and O–H groups in total. The first-order valence-electron chi connectivity index (χ1n) is 7.31. The summed E-state index contributed by atoms with van der Waals surface area (Å²) in [6.07, 6.45) is 5.91. The Morgan fingerprint density at radius 1 is 1.35 bits per heavy atom. The lowest BCUT2D eigenvalue weighted by molar-refractivity contribution is 0.358. The van der Waals surface area contributed by atoms with Gasteiger partial charge in [0.05, 0.1) is 11.9 Å². The molecular weight excluding hydrogens is 276 g/mol. The van der Waals surface area contributed by atoms with Crippen LogP contribution in [-0.2, 0) is 10.0 Å². The summed E-state index contributed by atoms with van der Waals surface area (Å²) in [4.78, 5) is 0.316. The number of aryl methyl sites for hydroxylation is 1. The Kier molecular flexibility index (Phi) is 3.83. The third kappa shape index (κ3) is 2.89. The highest BCUT2D eigenvalue weighted by molar-refractivity contribution is 7.89. The molecule has 0 spiro atoms. The van der Waals surface area contributed by atoms with Crippen LogP contribution in [-0.4, -0.2) is 48.6 Å². The molecule has 6 nitrogen and oxygen atoms in total. The van der Waals surface area contributed by atoms with E-state index in [0.29, 0.717) is 29.6 Å². The van der Waals surface area contributed by atoms with Gasteiger partial charge >= 0.3 is 0 Å². The van der Waals surface area contributed by atoms with Crippen molar-refractivity contribution in [3.05, 3.63) is 11.9 Å². The predicted molar refractivity (Wildman–Crippen MR) is 75.8 cm³/mol. The van der Waals surface area contributed by atoms with Crippen LogP contribution in [0.25, 0.3) is 0 Å². The van der Waals surface area contributed by atoms with E-state index in [2.05, 4.69) is 15.5 Å². The van der Waals surface area contributed by atoms with Gasteiger partial charge in [0.15, 0.2) is 0 Å². The number of hydrogen-bond acceptors (Lipinski definition) is 4. The third-order valence-corrected chi connectivity index (χ3v) is 6.09. The van der Waals surface area contributed by atoms with Crippen molar-refractivity contribution in [2.75, 3.05) is 19.6 Å². The number of H-pyrrole nitrogens is 1. The molecule has 112 valence electrons. The van der Waals surface area contributed by atoms with Crippen molar-refractivity contribution in [1.29, 1.82) is 0 Å². The molecule has 2 aliphatic rings. The molecule has 1 aliphatic heterocycles. The van der Waals surface area contributed by atoms with Crippen molar-refractivity contribution < 1.29 is 8.42 Å². The molecule has 2 fully saturated rings. The summed E-state index contributed by atoms with van der Waals surface area (Å²) in [5.41, 5.74) is 0.616. The number of rotatable bonds is 6. The second-order valence-electron chi connectivity index (χ2n) is 5.92. The van der Waals surface area contributed by atoms with Gasteiger partial charge in [-0.25, -0.2) is 8.42 Å². The van der Waals surface area contributed by atoms with Crippen LogP contribution in [0.5, 0.6) is 0 Å². The number of nitrogens with one attached hydrogen (secondary N) is 2. The van der Waals surface area contributed by atoms with E-state index >= 15 is 0 Å². The van der Waals surface area contributed by atoms with E-state index in [9.17, 15) is 8.42 Å². The van der Waals surface area contributed by atoms with Crippen LogP contribution in [0.4, 0.5) is 0 Å². The largest absolute Gasteiger partial charge is 0.313 e. The van der Waals surface area contributed by atoms with Gasteiger partial charge in [0.1, 0.15) is 4.90 Å². The van der Waals surface area contributed by atoms with Crippen LogP contribution in [0.1, 0.15) is 31.4 Å². The molecule has 0 bridgehead atoms. The number of hydrogen-bond donors (Lipinski definition) is 2. The maximum atomic E-state index is 12.8. The van der Waals surface area contributed by atoms with E-state index in [4.69, 9.17) is 0 Å². The standard InChI is InChI=1S/C13H22N4O2S/c1-10-13(7-15-16-10)20(18,19)17(8-11-4-5-11)9-12-3-2-6-14-12/h7,11-12,14H,2-6,8-9H2,1H3,(H,15,16). The van der Waals surface area contributed by atoms with E-state index < -0.39 is 10.0 Å². The second kappa shape index (κ2) is 5.46. The van der Waals surface area contributed by atoms with Gasteiger partial charge in [0.25, 0.3) is 0 Å². The predicted octanol–water partition coefficient (Wildman–Crippen LogP) is 0.871. The van der Waals surface area contributed by atoms with Crippen LogP contribution >= 0.6 is 0 Å². The van der Waals surface area contributed by atoms with Crippen molar-refractivity contribution in [2.45, 2.75) is 43.5 Å². The Bertz CT molecular complexity index is 559. The molecule has 1 aromatic rings. The van der Waals surface area contributed by atoms with Crippen LogP contribution < -0.4 is 5.32 Å². The molecule has 1 aromatic heterocycles. The maximum absolute atomic E-state index is 12.8. The fourth-order valence-corrected chi connectivity index (χ4v) is 4.44. The van der Waals surface area contributed by atoms with Crippen molar-refractivity contribution in [3.63, 3.8) is 0 Å². The third-order valence-electron chi connectivity index (χ3n) is 4.15. The molecule has 1 atom stereocenters. The topological polar surface area (TPSA) is 78.1 Å². The molecule has 0 amide bonds. The average molecular weight is 298 g/mol. The van der Waals surface area contributed by atoms with Crippen molar-refractivity contribution >= 4 is 10.0 Å². The molecule has 0 radical (unpaired) electrons. The molecule has 1 aliphatic carbocycles. The molecule has 1 saturated carbocycles. The van der Waals surface area contributed by atoms with E-state index in [1.54, 1.807) is 11.2 Å². The van der Waals surface area contributed by atoms with Gasteiger partial charge in [-0.3, -0.25) is 5.10 Å². The van der Waals surface area contributed by atoms with Gasteiger partial charge in [0.2, 0.25) is 10.0 Å². The minimum atomic E-state index is -3.43. The fourth-order valence-electron chi connectivity index (χ4n) is 2.76. The van der Waals surface area contributed by atoms with Gasteiger partial charge < -0.3 is 5.32 Å². The molecule has 20 heavy (non-hydrogen) atoms. The number of sulfonamides is 1. The highest BCUT2D eigenvalue weighted by Crippen LogP contribution is 2.32. The summed E-state index contributed by atoms with van der Waals surface area (Å²) in [5.74, 6) is 0.540. The summed E-state index contributed by atoms with van der Waals surface area (Å²) in [7, 11) is -3.43. The normalized spacial score (nSPS) is 23.6. The van der Waals surface area contributed by atoms with E-state index in [1.807, 2.05) is 0 Å². The molecule has 3 rings (SSSR count). The minimum absolute atomic E-state index is 0.288. The smallest absolute Gasteiger partial charge is 0.246 e. The van der Waals surface area contributed by atoms with Crippen LogP contribution in [0.3, 0.4) is 0 Å². The first kappa shape index (κ1) is 14.0. The number of aromatic amines is 1. The Morgan fingerprint density at radius 3 is 2.70 bits per heavy atom. The number of aromatic nitrogens is 2. The number of nitrogens with zero attached hydrogens (tertiary/aromatic N) is 2. The minimum Gasteiger partial charge on any atom is -0.313 e. The summed E-state index contributed by atoms with van der Waals surface area (Å²) in [5, 5.41) is 9.95. The van der Waals surface area contributed by atoms with Gasteiger partial charge in [-0.1, -0.05) is 0 Å². The Morgan fingerprint density at radius 2 is 2.15 bits per heavy atom. The van der Waals surface area contributed by atoms with E-state index in [1.165, 1.54) is 6.20 Å². The van der Waals surface area contributed by atoms with Crippen LogP contribution in [0.2, 0.25) is 0 Å². The quantitative estimate of drug-likeness (QED) is 0.817. The molecule has 7 heteroatoms. The Hall–Kier alpha value is -0.920. The van der Waals surface area contributed by atoms with Gasteiger partial charge in [-0.2, -0.15) is 9.40 Å². The molecule has 0 aromatic carbocycles.